The van der Waals surface area contributed by atoms with Crippen molar-refractivity contribution in [3.63, 3.8) is 0 Å². The Balaban J connectivity index is 1.65. The first-order chi connectivity index (χ1) is 13.4. The summed E-state index contributed by atoms with van der Waals surface area (Å²) < 4.78 is 49.2. The molecule has 0 aliphatic rings. The van der Waals surface area contributed by atoms with Gasteiger partial charge in [-0.2, -0.15) is 13.9 Å². The van der Waals surface area contributed by atoms with Crippen LogP contribution in [0.5, 0.6) is 11.5 Å². The minimum Gasteiger partial charge on any atom is -0.471 e. The van der Waals surface area contributed by atoms with Crippen LogP contribution in [-0.2, 0) is 6.73 Å². The Bertz CT molecular complexity index is 959. The molecule has 0 saturated carbocycles. The molecule has 3 aromatic rings. The number of anilines is 1. The highest BCUT2D eigenvalue weighted by atomic mass is 19.3. The van der Waals surface area contributed by atoms with Crippen molar-refractivity contribution in [1.29, 1.82) is 0 Å². The predicted octanol–water partition coefficient (Wildman–Crippen LogP) is 4.22. The summed E-state index contributed by atoms with van der Waals surface area (Å²) in [7, 11) is 0. The lowest BCUT2D eigenvalue weighted by Crippen LogP contribution is -2.15. The van der Waals surface area contributed by atoms with Crippen molar-refractivity contribution >= 4 is 11.6 Å². The van der Waals surface area contributed by atoms with E-state index in [1.165, 1.54) is 53.3 Å². The lowest BCUT2D eigenvalue weighted by molar-refractivity contribution is -0.0494. The number of amides is 1. The Morgan fingerprint density at radius 1 is 1.18 bits per heavy atom. The fraction of sp³-hybridized carbons (Fsp3) is 0.158. The number of carbonyl (C=O) groups is 1. The highest BCUT2D eigenvalue weighted by Gasteiger charge is 2.15. The van der Waals surface area contributed by atoms with Gasteiger partial charge in [-0.3, -0.25) is 4.79 Å². The van der Waals surface area contributed by atoms with Crippen LogP contribution in [-0.4, -0.2) is 22.3 Å². The minimum absolute atomic E-state index is 0.00316. The lowest BCUT2D eigenvalue weighted by Gasteiger charge is -2.12. The SMILES string of the molecule is Cc1ccc(NC(=O)c2ccn(COc3ccc(F)cc3)n2)c(OC(F)F)c1. The van der Waals surface area contributed by atoms with Crippen molar-refractivity contribution in [2.45, 2.75) is 20.3 Å². The fourth-order valence-electron chi connectivity index (χ4n) is 2.34. The van der Waals surface area contributed by atoms with Crippen LogP contribution >= 0.6 is 0 Å². The fourth-order valence-corrected chi connectivity index (χ4v) is 2.34. The Morgan fingerprint density at radius 3 is 2.64 bits per heavy atom. The second-order valence-corrected chi connectivity index (χ2v) is 5.80. The zero-order valence-corrected chi connectivity index (χ0v) is 14.7. The standard InChI is InChI=1S/C19H16F3N3O3/c1-12-2-7-15(17(10-12)28-19(21)22)23-18(26)16-8-9-25(24-16)11-27-14-5-3-13(20)4-6-14/h2-10,19H,11H2,1H3,(H,23,26). The number of aryl methyl sites for hydroxylation is 1. The van der Waals surface area contributed by atoms with Crippen molar-refractivity contribution in [2.24, 2.45) is 0 Å². The van der Waals surface area contributed by atoms with Gasteiger partial charge in [0, 0.05) is 6.20 Å². The topological polar surface area (TPSA) is 65.4 Å². The number of ether oxygens (including phenoxy) is 2. The van der Waals surface area contributed by atoms with Gasteiger partial charge < -0.3 is 14.8 Å². The number of hydrogen-bond donors (Lipinski definition) is 1. The molecule has 0 spiro atoms. The normalized spacial score (nSPS) is 10.8. The molecular weight excluding hydrogens is 375 g/mol. The van der Waals surface area contributed by atoms with E-state index in [-0.39, 0.29) is 29.7 Å². The summed E-state index contributed by atoms with van der Waals surface area (Å²) in [6, 6.07) is 11.4. The van der Waals surface area contributed by atoms with Gasteiger partial charge in [-0.25, -0.2) is 9.07 Å². The molecule has 1 heterocycles. The highest BCUT2D eigenvalue weighted by molar-refractivity contribution is 6.03. The minimum atomic E-state index is -3.01. The number of nitrogens with one attached hydrogen (secondary N) is 1. The zero-order valence-electron chi connectivity index (χ0n) is 14.7. The quantitative estimate of drug-likeness (QED) is 0.655. The number of hydrogen-bond acceptors (Lipinski definition) is 4. The third-order valence-electron chi connectivity index (χ3n) is 3.65. The Hall–Kier alpha value is -3.49. The summed E-state index contributed by atoms with van der Waals surface area (Å²) in [5.41, 5.74) is 0.871. The molecule has 1 amide bonds. The van der Waals surface area contributed by atoms with Gasteiger partial charge in [0.1, 0.15) is 17.3 Å². The summed E-state index contributed by atoms with van der Waals surface area (Å²) >= 11 is 0. The number of aromatic nitrogens is 2. The molecule has 0 aliphatic carbocycles. The smallest absolute Gasteiger partial charge is 0.387 e. The van der Waals surface area contributed by atoms with E-state index in [9.17, 15) is 18.0 Å². The average molecular weight is 391 g/mol. The van der Waals surface area contributed by atoms with E-state index in [0.29, 0.717) is 11.3 Å². The van der Waals surface area contributed by atoms with Crippen LogP contribution in [0.15, 0.2) is 54.7 Å². The molecule has 0 unspecified atom stereocenters. The van der Waals surface area contributed by atoms with Crippen LogP contribution in [0.2, 0.25) is 0 Å². The van der Waals surface area contributed by atoms with Crippen molar-refractivity contribution in [2.75, 3.05) is 5.32 Å². The van der Waals surface area contributed by atoms with E-state index in [1.807, 2.05) is 0 Å². The first-order valence-corrected chi connectivity index (χ1v) is 8.19. The molecule has 0 aliphatic heterocycles. The lowest BCUT2D eigenvalue weighted by atomic mass is 10.2. The number of rotatable bonds is 7. The molecule has 0 bridgehead atoms. The maximum atomic E-state index is 12.9. The molecule has 0 radical (unpaired) electrons. The van der Waals surface area contributed by atoms with E-state index in [1.54, 1.807) is 13.0 Å². The van der Waals surface area contributed by atoms with Crippen LogP contribution in [0.3, 0.4) is 0 Å². The maximum Gasteiger partial charge on any atom is 0.387 e. The van der Waals surface area contributed by atoms with Gasteiger partial charge >= 0.3 is 6.61 Å². The molecule has 3 rings (SSSR count). The summed E-state index contributed by atoms with van der Waals surface area (Å²) in [6.07, 6.45) is 1.52. The highest BCUT2D eigenvalue weighted by Crippen LogP contribution is 2.27. The molecule has 1 N–H and O–H groups in total. The van der Waals surface area contributed by atoms with Crippen LogP contribution in [0.25, 0.3) is 0 Å². The van der Waals surface area contributed by atoms with Crippen LogP contribution in [0.4, 0.5) is 18.9 Å². The molecule has 0 saturated heterocycles. The predicted molar refractivity (Wildman–Crippen MR) is 95.0 cm³/mol. The largest absolute Gasteiger partial charge is 0.471 e. The number of halogens is 3. The number of carbonyl (C=O) groups excluding carboxylic acids is 1. The molecule has 146 valence electrons. The Labute approximate surface area is 158 Å². The van der Waals surface area contributed by atoms with Gasteiger partial charge in [0.05, 0.1) is 5.69 Å². The van der Waals surface area contributed by atoms with E-state index in [2.05, 4.69) is 15.2 Å². The van der Waals surface area contributed by atoms with Gasteiger partial charge in [0.2, 0.25) is 0 Å². The third kappa shape index (κ3) is 5.03. The first-order valence-electron chi connectivity index (χ1n) is 8.19. The van der Waals surface area contributed by atoms with Gasteiger partial charge in [0.15, 0.2) is 12.4 Å². The molecule has 2 aromatic carbocycles. The van der Waals surface area contributed by atoms with Crippen molar-refractivity contribution in [1.82, 2.24) is 9.78 Å². The van der Waals surface area contributed by atoms with E-state index in [0.717, 1.165) is 0 Å². The van der Waals surface area contributed by atoms with Crippen molar-refractivity contribution in [3.8, 4) is 11.5 Å². The second kappa shape index (κ2) is 8.47. The Morgan fingerprint density at radius 2 is 1.93 bits per heavy atom. The summed E-state index contributed by atoms with van der Waals surface area (Å²) in [4.78, 5) is 12.3. The van der Waals surface area contributed by atoms with Crippen LogP contribution in [0, 0.1) is 12.7 Å². The number of alkyl halides is 2. The Kier molecular flexibility index (Phi) is 5.83. The van der Waals surface area contributed by atoms with Gasteiger partial charge in [-0.05, 0) is 55.0 Å². The van der Waals surface area contributed by atoms with Gasteiger partial charge in [-0.15, -0.1) is 0 Å². The van der Waals surface area contributed by atoms with Gasteiger partial charge in [0.25, 0.3) is 5.91 Å². The second-order valence-electron chi connectivity index (χ2n) is 5.80. The maximum absolute atomic E-state index is 12.9. The summed E-state index contributed by atoms with van der Waals surface area (Å²) in [5.74, 6) is -0.668. The van der Waals surface area contributed by atoms with Gasteiger partial charge in [-0.1, -0.05) is 6.07 Å². The molecule has 6 nitrogen and oxygen atoms in total. The van der Waals surface area contributed by atoms with Crippen LogP contribution in [0.1, 0.15) is 16.1 Å². The summed E-state index contributed by atoms with van der Waals surface area (Å²) in [5, 5.41) is 6.56. The molecule has 9 heteroatoms. The monoisotopic (exact) mass is 391 g/mol. The molecule has 28 heavy (non-hydrogen) atoms. The average Bonchev–Trinajstić information content (AvgIpc) is 3.12. The van der Waals surface area contributed by atoms with Crippen molar-refractivity contribution < 1.29 is 27.4 Å². The van der Waals surface area contributed by atoms with Crippen LogP contribution < -0.4 is 14.8 Å². The van der Waals surface area contributed by atoms with E-state index in [4.69, 9.17) is 4.74 Å². The molecule has 0 fully saturated rings. The third-order valence-corrected chi connectivity index (χ3v) is 3.65. The van der Waals surface area contributed by atoms with Crippen molar-refractivity contribution in [3.05, 3.63) is 71.8 Å². The number of nitrogens with zero attached hydrogens (tertiary/aromatic N) is 2. The zero-order chi connectivity index (χ0) is 20.1. The summed E-state index contributed by atoms with van der Waals surface area (Å²) in [6.45, 7) is -1.30. The van der Waals surface area contributed by atoms with E-state index >= 15 is 0 Å². The van der Waals surface area contributed by atoms with E-state index < -0.39 is 12.5 Å². The molecular formula is C19H16F3N3O3. The number of benzene rings is 2. The molecule has 0 atom stereocenters. The first kappa shape index (κ1) is 19.3. The molecule has 1 aromatic heterocycles.